The van der Waals surface area contributed by atoms with Crippen LogP contribution in [0, 0.1) is 0 Å². The Morgan fingerprint density at radius 2 is 1.87 bits per heavy atom. The van der Waals surface area contributed by atoms with Gasteiger partial charge in [-0.3, -0.25) is 0 Å². The third-order valence-electron chi connectivity index (χ3n) is 2.02. The molecule has 0 aliphatic carbocycles. The highest BCUT2D eigenvalue weighted by atomic mass is 16.3. The quantitative estimate of drug-likeness (QED) is 0.789. The predicted molar refractivity (Wildman–Crippen MR) is 54.4 cm³/mol. The molecule has 1 heterocycles. The van der Waals surface area contributed by atoms with E-state index in [0.29, 0.717) is 5.82 Å². The summed E-state index contributed by atoms with van der Waals surface area (Å²) in [5.41, 5.74) is -0.223. The standard InChI is InChI=1S/C10H12N4O/c1-10(2,15)9-11-12-13-14(9)8-6-4-3-5-7-8/h3-7,15H,1-2H3. The fourth-order valence-corrected chi connectivity index (χ4v) is 1.31. The summed E-state index contributed by atoms with van der Waals surface area (Å²) >= 11 is 0. The van der Waals surface area contributed by atoms with Gasteiger partial charge in [0.1, 0.15) is 5.60 Å². The van der Waals surface area contributed by atoms with Crippen molar-refractivity contribution in [1.82, 2.24) is 20.2 Å². The van der Waals surface area contributed by atoms with E-state index in [0.717, 1.165) is 5.69 Å². The van der Waals surface area contributed by atoms with Crippen molar-refractivity contribution in [3.05, 3.63) is 36.2 Å². The second-order valence-corrected chi connectivity index (χ2v) is 3.81. The van der Waals surface area contributed by atoms with Crippen molar-refractivity contribution < 1.29 is 5.11 Å². The van der Waals surface area contributed by atoms with Crippen molar-refractivity contribution in [3.63, 3.8) is 0 Å². The number of hydrogen-bond acceptors (Lipinski definition) is 4. The SMILES string of the molecule is CC(C)(O)c1nnnn1-c1ccccc1. The lowest BCUT2D eigenvalue weighted by molar-refractivity contribution is 0.0661. The van der Waals surface area contributed by atoms with Crippen molar-refractivity contribution in [3.8, 4) is 5.69 Å². The lowest BCUT2D eigenvalue weighted by atomic mass is 10.1. The Morgan fingerprint density at radius 1 is 1.20 bits per heavy atom. The number of rotatable bonds is 2. The monoisotopic (exact) mass is 204 g/mol. The number of aromatic nitrogens is 4. The van der Waals surface area contributed by atoms with E-state index in [9.17, 15) is 5.11 Å². The van der Waals surface area contributed by atoms with Crippen LogP contribution in [-0.2, 0) is 5.60 Å². The topological polar surface area (TPSA) is 63.8 Å². The van der Waals surface area contributed by atoms with E-state index in [2.05, 4.69) is 15.5 Å². The van der Waals surface area contributed by atoms with Crippen LogP contribution in [0.4, 0.5) is 0 Å². The summed E-state index contributed by atoms with van der Waals surface area (Å²) in [5.74, 6) is 0.425. The van der Waals surface area contributed by atoms with E-state index < -0.39 is 5.60 Å². The molecule has 0 fully saturated rings. The maximum absolute atomic E-state index is 9.86. The van der Waals surface area contributed by atoms with Gasteiger partial charge < -0.3 is 5.11 Å². The van der Waals surface area contributed by atoms with Gasteiger partial charge in [0.05, 0.1) is 5.69 Å². The highest BCUT2D eigenvalue weighted by Gasteiger charge is 2.24. The van der Waals surface area contributed by atoms with Gasteiger partial charge >= 0.3 is 0 Å². The van der Waals surface area contributed by atoms with Gasteiger partial charge in [0.25, 0.3) is 0 Å². The largest absolute Gasteiger partial charge is 0.382 e. The average Bonchev–Trinajstić information content (AvgIpc) is 2.67. The molecule has 0 aliphatic rings. The normalized spacial score (nSPS) is 11.7. The van der Waals surface area contributed by atoms with Crippen LogP contribution in [0.1, 0.15) is 19.7 Å². The van der Waals surface area contributed by atoms with E-state index in [4.69, 9.17) is 0 Å². The van der Waals surface area contributed by atoms with E-state index in [1.165, 1.54) is 4.68 Å². The summed E-state index contributed by atoms with van der Waals surface area (Å²) in [6.45, 7) is 3.30. The van der Waals surface area contributed by atoms with Crippen LogP contribution in [-0.4, -0.2) is 25.3 Å². The Labute approximate surface area is 87.4 Å². The maximum atomic E-state index is 9.86. The fourth-order valence-electron chi connectivity index (χ4n) is 1.31. The van der Waals surface area contributed by atoms with Crippen LogP contribution in [0.25, 0.3) is 5.69 Å². The number of tetrazole rings is 1. The summed E-state index contributed by atoms with van der Waals surface area (Å²) in [7, 11) is 0. The highest BCUT2D eigenvalue weighted by molar-refractivity contribution is 5.31. The van der Waals surface area contributed by atoms with Gasteiger partial charge in [-0.1, -0.05) is 18.2 Å². The van der Waals surface area contributed by atoms with Gasteiger partial charge in [-0.15, -0.1) is 5.10 Å². The van der Waals surface area contributed by atoms with Crippen molar-refractivity contribution >= 4 is 0 Å². The molecule has 1 N–H and O–H groups in total. The number of hydrogen-bond donors (Lipinski definition) is 1. The minimum absolute atomic E-state index is 0.425. The van der Waals surface area contributed by atoms with Crippen LogP contribution < -0.4 is 0 Å². The van der Waals surface area contributed by atoms with Crippen LogP contribution in [0.5, 0.6) is 0 Å². The van der Waals surface area contributed by atoms with Crippen molar-refractivity contribution in [2.75, 3.05) is 0 Å². The molecule has 0 atom stereocenters. The first-order valence-electron chi connectivity index (χ1n) is 4.66. The van der Waals surface area contributed by atoms with Gasteiger partial charge in [-0.25, -0.2) is 0 Å². The van der Waals surface area contributed by atoms with Gasteiger partial charge in [-0.05, 0) is 36.4 Å². The number of benzene rings is 1. The van der Waals surface area contributed by atoms with Crippen LogP contribution in [0.15, 0.2) is 30.3 Å². The molecule has 0 saturated heterocycles. The van der Waals surface area contributed by atoms with Gasteiger partial charge in [0.2, 0.25) is 0 Å². The van der Waals surface area contributed by atoms with Crippen LogP contribution in [0.2, 0.25) is 0 Å². The smallest absolute Gasteiger partial charge is 0.187 e. The Balaban J connectivity index is 2.51. The summed E-state index contributed by atoms with van der Waals surface area (Å²) in [6, 6.07) is 9.46. The molecule has 0 saturated carbocycles. The zero-order chi connectivity index (χ0) is 10.9. The first-order valence-corrected chi connectivity index (χ1v) is 4.66. The first kappa shape index (κ1) is 9.79. The van der Waals surface area contributed by atoms with Crippen molar-refractivity contribution in [2.45, 2.75) is 19.4 Å². The molecule has 0 spiro atoms. The second kappa shape index (κ2) is 3.43. The summed E-state index contributed by atoms with van der Waals surface area (Å²) in [5, 5.41) is 21.1. The minimum atomic E-state index is -1.06. The van der Waals surface area contributed by atoms with Crippen LogP contribution in [0.3, 0.4) is 0 Å². The summed E-state index contributed by atoms with van der Waals surface area (Å²) < 4.78 is 1.53. The maximum Gasteiger partial charge on any atom is 0.187 e. The number of para-hydroxylation sites is 1. The van der Waals surface area contributed by atoms with Crippen LogP contribution >= 0.6 is 0 Å². The molecular formula is C10H12N4O. The van der Waals surface area contributed by atoms with E-state index >= 15 is 0 Å². The Kier molecular flexibility index (Phi) is 2.24. The second-order valence-electron chi connectivity index (χ2n) is 3.81. The lowest BCUT2D eigenvalue weighted by Gasteiger charge is -2.15. The predicted octanol–water partition coefficient (Wildman–Crippen LogP) is 0.890. The van der Waals surface area contributed by atoms with Gasteiger partial charge in [0.15, 0.2) is 5.82 Å². The molecule has 0 radical (unpaired) electrons. The van der Waals surface area contributed by atoms with Crippen molar-refractivity contribution in [1.29, 1.82) is 0 Å². The average molecular weight is 204 g/mol. The van der Waals surface area contributed by atoms with Gasteiger partial charge in [-0.2, -0.15) is 4.68 Å². The first-order chi connectivity index (χ1) is 7.09. The van der Waals surface area contributed by atoms with E-state index in [1.807, 2.05) is 30.3 Å². The van der Waals surface area contributed by atoms with E-state index in [-0.39, 0.29) is 0 Å². The Hall–Kier alpha value is -1.75. The van der Waals surface area contributed by atoms with Gasteiger partial charge in [0, 0.05) is 0 Å². The number of aliphatic hydroxyl groups is 1. The Bertz CT molecular complexity index is 444. The molecule has 5 nitrogen and oxygen atoms in total. The molecule has 78 valence electrons. The lowest BCUT2D eigenvalue weighted by Crippen LogP contribution is -2.22. The third-order valence-corrected chi connectivity index (χ3v) is 2.02. The molecule has 1 aromatic heterocycles. The number of nitrogens with zero attached hydrogens (tertiary/aromatic N) is 4. The summed E-state index contributed by atoms with van der Waals surface area (Å²) in [4.78, 5) is 0. The fraction of sp³-hybridized carbons (Fsp3) is 0.300. The van der Waals surface area contributed by atoms with Crippen molar-refractivity contribution in [2.24, 2.45) is 0 Å². The molecule has 1 aromatic carbocycles. The molecule has 5 heteroatoms. The molecule has 2 aromatic rings. The Morgan fingerprint density at radius 3 is 2.47 bits per heavy atom. The molecule has 2 rings (SSSR count). The highest BCUT2D eigenvalue weighted by Crippen LogP contribution is 2.18. The molecule has 0 amide bonds. The molecule has 0 aliphatic heterocycles. The molecular weight excluding hydrogens is 192 g/mol. The minimum Gasteiger partial charge on any atom is -0.382 e. The van der Waals surface area contributed by atoms with E-state index in [1.54, 1.807) is 13.8 Å². The zero-order valence-electron chi connectivity index (χ0n) is 8.62. The molecule has 0 unspecified atom stereocenters. The molecule has 15 heavy (non-hydrogen) atoms. The third kappa shape index (κ3) is 1.87. The zero-order valence-corrected chi connectivity index (χ0v) is 8.62. The molecule has 0 bridgehead atoms. The summed E-state index contributed by atoms with van der Waals surface area (Å²) in [6.07, 6.45) is 0.